The molecule has 0 spiro atoms. The molecule has 1 aromatic rings. The summed E-state index contributed by atoms with van der Waals surface area (Å²) in [6.07, 6.45) is 5.75. The fourth-order valence-electron chi connectivity index (χ4n) is 2.04. The van der Waals surface area contributed by atoms with Gasteiger partial charge in [-0.15, -0.1) is 0 Å². The van der Waals surface area contributed by atoms with Crippen molar-refractivity contribution in [2.24, 2.45) is 5.73 Å². The molecule has 124 valence electrons. The van der Waals surface area contributed by atoms with Gasteiger partial charge in [-0.25, -0.2) is 4.79 Å². The van der Waals surface area contributed by atoms with E-state index in [4.69, 9.17) is 10.5 Å². The van der Waals surface area contributed by atoms with Gasteiger partial charge in [0, 0.05) is 13.1 Å². The van der Waals surface area contributed by atoms with Crippen LogP contribution >= 0.6 is 0 Å². The number of hydrogen-bond donors (Lipinski definition) is 1. The number of carbonyl (C=O) groups excluding carboxylic acids is 1. The van der Waals surface area contributed by atoms with Gasteiger partial charge in [0.05, 0.1) is 17.6 Å². The number of hydrogen-bond acceptors (Lipinski definition) is 4. The van der Waals surface area contributed by atoms with Crippen LogP contribution in [0.3, 0.4) is 0 Å². The van der Waals surface area contributed by atoms with E-state index in [-0.39, 0.29) is 6.09 Å². The van der Waals surface area contributed by atoms with Gasteiger partial charge in [-0.05, 0) is 39.3 Å². The lowest BCUT2D eigenvalue weighted by Gasteiger charge is -2.27. The molecule has 1 amide bonds. The number of aromatic nitrogens is 1. The number of nitrogens with two attached hydrogens (primary N) is 1. The van der Waals surface area contributed by atoms with Crippen molar-refractivity contribution in [2.75, 3.05) is 11.4 Å². The van der Waals surface area contributed by atoms with Crippen LogP contribution in [-0.2, 0) is 11.3 Å². The lowest BCUT2D eigenvalue weighted by Crippen LogP contribution is -2.37. The van der Waals surface area contributed by atoms with Gasteiger partial charge >= 0.3 is 6.09 Å². The Bertz CT molecular complexity index is 452. The molecule has 0 fully saturated rings. The number of nitrogens with zero attached hydrogens (tertiary/aromatic N) is 2. The first kappa shape index (κ1) is 18.4. The monoisotopic (exact) mass is 307 g/mol. The number of unbranched alkanes of at least 4 members (excludes halogenated alkanes) is 3. The lowest BCUT2D eigenvalue weighted by molar-refractivity contribution is 0.0579. The van der Waals surface area contributed by atoms with Crippen molar-refractivity contribution in [1.82, 2.24) is 4.98 Å². The first-order chi connectivity index (χ1) is 10.4. The molecule has 1 rings (SSSR count). The van der Waals surface area contributed by atoms with Gasteiger partial charge < -0.3 is 10.5 Å². The summed E-state index contributed by atoms with van der Waals surface area (Å²) in [6, 6.07) is 3.72. The van der Waals surface area contributed by atoms with Crippen molar-refractivity contribution < 1.29 is 9.53 Å². The van der Waals surface area contributed by atoms with Crippen molar-refractivity contribution in [3.05, 3.63) is 24.0 Å². The molecule has 1 aromatic heterocycles. The van der Waals surface area contributed by atoms with Gasteiger partial charge in [0.15, 0.2) is 0 Å². The second kappa shape index (κ2) is 8.73. The highest BCUT2D eigenvalue weighted by Gasteiger charge is 2.23. The molecule has 0 aliphatic rings. The Balaban J connectivity index is 2.81. The Kier molecular flexibility index (Phi) is 7.32. The molecular formula is C17H29N3O2. The second-order valence-electron chi connectivity index (χ2n) is 6.40. The van der Waals surface area contributed by atoms with Gasteiger partial charge in [-0.3, -0.25) is 9.88 Å². The van der Waals surface area contributed by atoms with Crippen LogP contribution in [0.25, 0.3) is 0 Å². The predicted molar refractivity (Wildman–Crippen MR) is 89.9 cm³/mol. The average molecular weight is 307 g/mol. The molecule has 0 saturated carbocycles. The molecule has 0 atom stereocenters. The van der Waals surface area contributed by atoms with E-state index in [9.17, 15) is 4.79 Å². The van der Waals surface area contributed by atoms with Crippen LogP contribution in [0.4, 0.5) is 10.5 Å². The highest BCUT2D eigenvalue weighted by atomic mass is 16.6. The summed E-state index contributed by atoms with van der Waals surface area (Å²) < 4.78 is 5.50. The third-order valence-electron chi connectivity index (χ3n) is 3.18. The zero-order chi connectivity index (χ0) is 16.6. The minimum absolute atomic E-state index is 0.328. The van der Waals surface area contributed by atoms with Gasteiger partial charge in [0.25, 0.3) is 0 Å². The first-order valence-electron chi connectivity index (χ1n) is 8.03. The fourth-order valence-corrected chi connectivity index (χ4v) is 2.04. The van der Waals surface area contributed by atoms with E-state index in [2.05, 4.69) is 11.9 Å². The number of amides is 1. The quantitative estimate of drug-likeness (QED) is 0.777. The van der Waals surface area contributed by atoms with E-state index >= 15 is 0 Å². The molecule has 0 saturated heterocycles. The summed E-state index contributed by atoms with van der Waals surface area (Å²) in [6.45, 7) is 8.81. The van der Waals surface area contributed by atoms with Crippen molar-refractivity contribution in [3.8, 4) is 0 Å². The van der Waals surface area contributed by atoms with Crippen LogP contribution in [0, 0.1) is 0 Å². The summed E-state index contributed by atoms with van der Waals surface area (Å²) in [5.74, 6) is 0. The number of carbonyl (C=O) groups is 1. The van der Waals surface area contributed by atoms with Crippen LogP contribution in [0.15, 0.2) is 18.3 Å². The van der Waals surface area contributed by atoms with E-state index in [0.29, 0.717) is 13.1 Å². The van der Waals surface area contributed by atoms with Crippen molar-refractivity contribution in [2.45, 2.75) is 65.5 Å². The largest absolute Gasteiger partial charge is 0.443 e. The van der Waals surface area contributed by atoms with Gasteiger partial charge in [0.2, 0.25) is 0 Å². The van der Waals surface area contributed by atoms with Crippen LogP contribution in [-0.4, -0.2) is 23.2 Å². The maximum absolute atomic E-state index is 12.4. The SMILES string of the molecule is CCCCCCN(C(=O)OC(C)(C)C)c1ccc(CN)nc1. The molecule has 5 heteroatoms. The smallest absolute Gasteiger partial charge is 0.414 e. The standard InChI is InChI=1S/C17H29N3O2/c1-5-6-7-8-11-20(16(21)22-17(2,3)4)15-10-9-14(12-18)19-13-15/h9-10,13H,5-8,11-12,18H2,1-4H3. The fraction of sp³-hybridized carbons (Fsp3) is 0.647. The van der Waals surface area contributed by atoms with E-state index in [1.807, 2.05) is 32.9 Å². The highest BCUT2D eigenvalue weighted by molar-refractivity contribution is 5.87. The van der Waals surface area contributed by atoms with E-state index in [1.165, 1.54) is 12.8 Å². The highest BCUT2D eigenvalue weighted by Crippen LogP contribution is 2.19. The molecule has 0 aliphatic heterocycles. The second-order valence-corrected chi connectivity index (χ2v) is 6.40. The van der Waals surface area contributed by atoms with E-state index in [1.54, 1.807) is 11.1 Å². The number of pyridine rings is 1. The van der Waals surface area contributed by atoms with Crippen LogP contribution in [0.2, 0.25) is 0 Å². The zero-order valence-corrected chi connectivity index (χ0v) is 14.3. The van der Waals surface area contributed by atoms with Crippen molar-refractivity contribution in [3.63, 3.8) is 0 Å². The number of rotatable bonds is 7. The van der Waals surface area contributed by atoms with Gasteiger partial charge in [-0.1, -0.05) is 26.2 Å². The maximum atomic E-state index is 12.4. The van der Waals surface area contributed by atoms with Crippen LogP contribution < -0.4 is 10.6 Å². The molecule has 0 radical (unpaired) electrons. The lowest BCUT2D eigenvalue weighted by atomic mass is 10.2. The minimum Gasteiger partial charge on any atom is -0.443 e. The van der Waals surface area contributed by atoms with Gasteiger partial charge in [-0.2, -0.15) is 0 Å². The Hall–Kier alpha value is -1.62. The topological polar surface area (TPSA) is 68.5 Å². The summed E-state index contributed by atoms with van der Waals surface area (Å²) in [5, 5.41) is 0. The first-order valence-corrected chi connectivity index (χ1v) is 8.03. The maximum Gasteiger partial charge on any atom is 0.414 e. The molecule has 0 bridgehead atoms. The number of ether oxygens (including phenoxy) is 1. The van der Waals surface area contributed by atoms with Crippen molar-refractivity contribution in [1.29, 1.82) is 0 Å². The van der Waals surface area contributed by atoms with Crippen LogP contribution in [0.1, 0.15) is 59.1 Å². The Morgan fingerprint density at radius 3 is 2.50 bits per heavy atom. The molecule has 22 heavy (non-hydrogen) atoms. The molecule has 0 unspecified atom stereocenters. The van der Waals surface area contributed by atoms with E-state index in [0.717, 1.165) is 24.2 Å². The predicted octanol–water partition coefficient (Wildman–Crippen LogP) is 3.86. The summed E-state index contributed by atoms with van der Waals surface area (Å²) in [5.41, 5.74) is 6.61. The normalized spacial score (nSPS) is 11.3. The molecule has 2 N–H and O–H groups in total. The third kappa shape index (κ3) is 6.43. The molecule has 0 aromatic carbocycles. The molecule has 0 aliphatic carbocycles. The van der Waals surface area contributed by atoms with Crippen molar-refractivity contribution >= 4 is 11.8 Å². The van der Waals surface area contributed by atoms with E-state index < -0.39 is 5.60 Å². The third-order valence-corrected chi connectivity index (χ3v) is 3.18. The van der Waals surface area contributed by atoms with Crippen LogP contribution in [0.5, 0.6) is 0 Å². The summed E-state index contributed by atoms with van der Waals surface area (Å²) >= 11 is 0. The summed E-state index contributed by atoms with van der Waals surface area (Å²) in [7, 11) is 0. The summed E-state index contributed by atoms with van der Waals surface area (Å²) in [4.78, 5) is 18.4. The molecule has 1 heterocycles. The zero-order valence-electron chi connectivity index (χ0n) is 14.3. The molecular weight excluding hydrogens is 278 g/mol. The Morgan fingerprint density at radius 1 is 1.27 bits per heavy atom. The van der Waals surface area contributed by atoms with Gasteiger partial charge in [0.1, 0.15) is 5.60 Å². The average Bonchev–Trinajstić information content (AvgIpc) is 2.45. The Labute approximate surface area is 133 Å². The number of anilines is 1. The Morgan fingerprint density at radius 2 is 2.00 bits per heavy atom. The molecule has 5 nitrogen and oxygen atoms in total. The minimum atomic E-state index is -0.511.